The Labute approximate surface area is 190 Å². The fourth-order valence-electron chi connectivity index (χ4n) is 3.17. The summed E-state index contributed by atoms with van der Waals surface area (Å²) < 4.78 is 32.9. The van der Waals surface area contributed by atoms with E-state index < -0.39 is 12.1 Å². The molecule has 3 aromatic rings. The first kappa shape index (κ1) is 22.4. The Hall–Kier alpha value is -2.81. The van der Waals surface area contributed by atoms with E-state index in [1.165, 1.54) is 0 Å². The van der Waals surface area contributed by atoms with Gasteiger partial charge in [-0.1, -0.05) is 11.6 Å². The molecule has 1 aromatic heterocycles. The summed E-state index contributed by atoms with van der Waals surface area (Å²) in [6.07, 6.45) is 1.58. The summed E-state index contributed by atoms with van der Waals surface area (Å²) in [6, 6.07) is 11.9. The number of hydrogen-bond donors (Lipinski definition) is 0. The fourth-order valence-corrected chi connectivity index (χ4v) is 3.33. The zero-order valence-corrected chi connectivity index (χ0v) is 18.4. The summed E-state index contributed by atoms with van der Waals surface area (Å²) in [7, 11) is 0. The molecular formula is C23H24ClNO7. The SMILES string of the molecule is CC(Oc1ccc(Oc2nc3ccc(Cl)cc3o2)cc1)C(=O)OCCOCC1CCCO1. The highest BCUT2D eigenvalue weighted by Gasteiger charge is 2.18. The Bertz CT molecular complexity index is 1030. The van der Waals surface area contributed by atoms with Crippen LogP contribution in [-0.2, 0) is 19.0 Å². The van der Waals surface area contributed by atoms with Crippen LogP contribution < -0.4 is 9.47 Å². The van der Waals surface area contributed by atoms with Gasteiger partial charge >= 0.3 is 12.0 Å². The lowest BCUT2D eigenvalue weighted by molar-refractivity contribution is -0.152. The summed E-state index contributed by atoms with van der Waals surface area (Å²) in [5.41, 5.74) is 1.19. The summed E-state index contributed by atoms with van der Waals surface area (Å²) >= 11 is 5.95. The van der Waals surface area contributed by atoms with Crippen LogP contribution in [-0.4, -0.2) is 49.6 Å². The Kier molecular flexibility index (Phi) is 7.47. The average molecular weight is 462 g/mol. The van der Waals surface area contributed by atoms with Gasteiger partial charge in [0, 0.05) is 17.7 Å². The smallest absolute Gasteiger partial charge is 0.400 e. The highest BCUT2D eigenvalue weighted by molar-refractivity contribution is 6.31. The van der Waals surface area contributed by atoms with Crippen LogP contribution in [0.2, 0.25) is 5.02 Å². The molecule has 8 nitrogen and oxygen atoms in total. The van der Waals surface area contributed by atoms with Gasteiger partial charge in [0.15, 0.2) is 11.7 Å². The van der Waals surface area contributed by atoms with Crippen LogP contribution in [0.4, 0.5) is 0 Å². The zero-order chi connectivity index (χ0) is 22.3. The molecule has 4 rings (SSSR count). The number of benzene rings is 2. The number of fused-ring (bicyclic) bond motifs is 1. The molecule has 2 heterocycles. The quantitative estimate of drug-likeness (QED) is 0.315. The van der Waals surface area contributed by atoms with E-state index in [0.717, 1.165) is 19.4 Å². The molecule has 0 saturated carbocycles. The third-order valence-corrected chi connectivity index (χ3v) is 5.04. The van der Waals surface area contributed by atoms with Crippen molar-refractivity contribution in [3.05, 3.63) is 47.5 Å². The lowest BCUT2D eigenvalue weighted by atomic mass is 10.2. The van der Waals surface area contributed by atoms with Gasteiger partial charge in [-0.05, 0) is 56.2 Å². The molecular weight excluding hydrogens is 438 g/mol. The summed E-state index contributed by atoms with van der Waals surface area (Å²) in [6.45, 7) is 3.43. The van der Waals surface area contributed by atoms with Crippen molar-refractivity contribution in [2.75, 3.05) is 26.4 Å². The normalized spacial score (nSPS) is 16.8. The Morgan fingerprint density at radius 1 is 1.19 bits per heavy atom. The van der Waals surface area contributed by atoms with Crippen molar-refractivity contribution in [3.63, 3.8) is 0 Å². The molecule has 1 fully saturated rings. The number of carbonyl (C=O) groups is 1. The average Bonchev–Trinajstić information content (AvgIpc) is 3.43. The highest BCUT2D eigenvalue weighted by atomic mass is 35.5. The molecule has 2 aromatic carbocycles. The summed E-state index contributed by atoms with van der Waals surface area (Å²) in [5, 5.41) is 0.556. The minimum atomic E-state index is -0.762. The first-order valence-corrected chi connectivity index (χ1v) is 10.8. The van der Waals surface area contributed by atoms with Gasteiger partial charge in [0.2, 0.25) is 0 Å². The Balaban J connectivity index is 1.20. The molecule has 32 heavy (non-hydrogen) atoms. The molecule has 1 aliphatic heterocycles. The highest BCUT2D eigenvalue weighted by Crippen LogP contribution is 2.28. The van der Waals surface area contributed by atoms with E-state index in [-0.39, 0.29) is 18.8 Å². The molecule has 0 aliphatic carbocycles. The van der Waals surface area contributed by atoms with Gasteiger partial charge in [0.25, 0.3) is 0 Å². The zero-order valence-electron chi connectivity index (χ0n) is 17.6. The van der Waals surface area contributed by atoms with Crippen LogP contribution in [0.15, 0.2) is 46.9 Å². The third-order valence-electron chi connectivity index (χ3n) is 4.80. The van der Waals surface area contributed by atoms with E-state index in [2.05, 4.69) is 4.98 Å². The van der Waals surface area contributed by atoms with Crippen molar-refractivity contribution in [3.8, 4) is 17.6 Å². The lowest BCUT2D eigenvalue weighted by Gasteiger charge is -2.15. The number of oxazole rings is 1. The number of ether oxygens (including phenoxy) is 5. The molecule has 1 aliphatic rings. The first-order chi connectivity index (χ1) is 15.6. The van der Waals surface area contributed by atoms with Crippen LogP contribution in [0.1, 0.15) is 19.8 Å². The van der Waals surface area contributed by atoms with Crippen LogP contribution >= 0.6 is 11.6 Å². The van der Waals surface area contributed by atoms with Gasteiger partial charge < -0.3 is 28.1 Å². The minimum absolute atomic E-state index is 0.106. The predicted octanol–water partition coefficient (Wildman–Crippen LogP) is 4.78. The monoisotopic (exact) mass is 461 g/mol. The van der Waals surface area contributed by atoms with E-state index in [1.54, 1.807) is 49.4 Å². The van der Waals surface area contributed by atoms with Crippen LogP contribution in [0.25, 0.3) is 11.1 Å². The summed E-state index contributed by atoms with van der Waals surface area (Å²) in [4.78, 5) is 16.4. The fraction of sp³-hybridized carbons (Fsp3) is 0.391. The standard InChI is InChI=1S/C23H24ClNO7/c1-15(22(26)29-12-11-27-14-19-3-2-10-28-19)30-17-5-7-18(8-6-17)31-23-25-20-9-4-16(24)13-21(20)32-23/h4-9,13,15,19H,2-3,10-12,14H2,1H3. The maximum atomic E-state index is 12.1. The third kappa shape index (κ3) is 6.12. The second-order valence-electron chi connectivity index (χ2n) is 7.30. The van der Waals surface area contributed by atoms with Crippen molar-refractivity contribution in [1.29, 1.82) is 0 Å². The maximum Gasteiger partial charge on any atom is 0.400 e. The number of rotatable bonds is 10. The molecule has 170 valence electrons. The van der Waals surface area contributed by atoms with Crippen molar-refractivity contribution in [1.82, 2.24) is 4.98 Å². The lowest BCUT2D eigenvalue weighted by Crippen LogP contribution is -2.27. The molecule has 0 bridgehead atoms. The van der Waals surface area contributed by atoms with Gasteiger partial charge in [-0.15, -0.1) is 0 Å². The van der Waals surface area contributed by atoms with Gasteiger partial charge in [-0.2, -0.15) is 4.98 Å². The second kappa shape index (κ2) is 10.7. The molecule has 0 radical (unpaired) electrons. The maximum absolute atomic E-state index is 12.1. The largest absolute Gasteiger partial charge is 0.479 e. The minimum Gasteiger partial charge on any atom is -0.479 e. The first-order valence-electron chi connectivity index (χ1n) is 10.4. The summed E-state index contributed by atoms with van der Waals surface area (Å²) in [5.74, 6) is 0.547. The number of halogens is 1. The van der Waals surface area contributed by atoms with E-state index in [0.29, 0.717) is 40.8 Å². The molecule has 2 unspecified atom stereocenters. The molecule has 9 heteroatoms. The van der Waals surface area contributed by atoms with Gasteiger partial charge in [-0.3, -0.25) is 0 Å². The van der Waals surface area contributed by atoms with E-state index in [4.69, 9.17) is 39.7 Å². The van der Waals surface area contributed by atoms with Gasteiger partial charge in [0.1, 0.15) is 23.6 Å². The van der Waals surface area contributed by atoms with Crippen LogP contribution in [0, 0.1) is 0 Å². The Morgan fingerprint density at radius 2 is 2.00 bits per heavy atom. The number of aromatic nitrogens is 1. The van der Waals surface area contributed by atoms with E-state index in [9.17, 15) is 4.79 Å². The molecule has 1 saturated heterocycles. The number of carbonyl (C=O) groups excluding carboxylic acids is 1. The number of hydrogen-bond acceptors (Lipinski definition) is 8. The predicted molar refractivity (Wildman–Crippen MR) is 116 cm³/mol. The number of esters is 1. The topological polar surface area (TPSA) is 89.3 Å². The number of nitrogens with zero attached hydrogens (tertiary/aromatic N) is 1. The van der Waals surface area contributed by atoms with Crippen LogP contribution in [0.5, 0.6) is 17.6 Å². The van der Waals surface area contributed by atoms with E-state index >= 15 is 0 Å². The van der Waals surface area contributed by atoms with Gasteiger partial charge in [0.05, 0.1) is 19.3 Å². The van der Waals surface area contributed by atoms with Crippen LogP contribution in [0.3, 0.4) is 0 Å². The molecule has 0 amide bonds. The van der Waals surface area contributed by atoms with Crippen molar-refractivity contribution in [2.45, 2.75) is 32.0 Å². The van der Waals surface area contributed by atoms with E-state index in [1.807, 2.05) is 0 Å². The van der Waals surface area contributed by atoms with Crippen molar-refractivity contribution >= 4 is 28.7 Å². The van der Waals surface area contributed by atoms with Gasteiger partial charge in [-0.25, -0.2) is 4.79 Å². The molecule has 0 spiro atoms. The van der Waals surface area contributed by atoms with Crippen molar-refractivity contribution in [2.24, 2.45) is 0 Å². The van der Waals surface area contributed by atoms with Crippen molar-refractivity contribution < 1.29 is 32.9 Å². The molecule has 2 atom stereocenters. The second-order valence-corrected chi connectivity index (χ2v) is 7.74. The molecule has 0 N–H and O–H groups in total. The Morgan fingerprint density at radius 3 is 2.78 bits per heavy atom.